The topological polar surface area (TPSA) is 85.4 Å². The number of aryl methyl sites for hydroxylation is 3. The number of aromatic nitrogens is 1. The molecule has 1 aromatic carbocycles. The van der Waals surface area contributed by atoms with Crippen molar-refractivity contribution in [2.24, 2.45) is 5.92 Å². The average Bonchev–Trinajstić information content (AvgIpc) is 2.94. The molecule has 0 aliphatic heterocycles. The van der Waals surface area contributed by atoms with Crippen LogP contribution in [0.25, 0.3) is 0 Å². The summed E-state index contributed by atoms with van der Waals surface area (Å²) in [7, 11) is 1.48. The molecule has 30 heavy (non-hydrogen) atoms. The number of hydrogen-bond donors (Lipinski definition) is 1. The zero-order chi connectivity index (χ0) is 22.0. The van der Waals surface area contributed by atoms with E-state index in [4.69, 9.17) is 16.3 Å². The first-order valence-corrected chi connectivity index (χ1v) is 10.2. The number of rotatable bonds is 6. The molecule has 158 valence electrons. The second-order valence-corrected chi connectivity index (χ2v) is 8.16. The second-order valence-electron chi connectivity index (χ2n) is 7.77. The Hall–Kier alpha value is -2.73. The predicted molar refractivity (Wildman–Crippen MR) is 114 cm³/mol. The average molecular weight is 429 g/mol. The SMILES string of the molecule is COc1cc(Cl)nc(C(=O)NCCC2CC(=O)C(c3c(C)cc(C)cc3C)C2=O)c1. The van der Waals surface area contributed by atoms with E-state index in [1.165, 1.54) is 19.2 Å². The van der Waals surface area contributed by atoms with Crippen molar-refractivity contribution in [3.63, 3.8) is 0 Å². The summed E-state index contributed by atoms with van der Waals surface area (Å²) < 4.78 is 5.09. The smallest absolute Gasteiger partial charge is 0.270 e. The molecule has 1 fully saturated rings. The van der Waals surface area contributed by atoms with Crippen LogP contribution >= 0.6 is 11.6 Å². The maximum absolute atomic E-state index is 13.0. The maximum Gasteiger partial charge on any atom is 0.270 e. The highest BCUT2D eigenvalue weighted by Gasteiger charge is 2.42. The van der Waals surface area contributed by atoms with Crippen LogP contribution in [-0.2, 0) is 9.59 Å². The van der Waals surface area contributed by atoms with E-state index in [0.717, 1.165) is 22.3 Å². The van der Waals surface area contributed by atoms with Crippen molar-refractivity contribution < 1.29 is 19.1 Å². The Bertz CT molecular complexity index is 995. The highest BCUT2D eigenvalue weighted by atomic mass is 35.5. The summed E-state index contributed by atoms with van der Waals surface area (Å²) in [6.45, 7) is 6.14. The van der Waals surface area contributed by atoms with E-state index in [2.05, 4.69) is 10.3 Å². The van der Waals surface area contributed by atoms with Gasteiger partial charge in [-0.3, -0.25) is 14.4 Å². The van der Waals surface area contributed by atoms with Crippen LogP contribution in [0.1, 0.15) is 51.5 Å². The monoisotopic (exact) mass is 428 g/mol. The fourth-order valence-electron chi connectivity index (χ4n) is 4.21. The van der Waals surface area contributed by atoms with Gasteiger partial charge >= 0.3 is 0 Å². The molecular formula is C23H25ClN2O4. The minimum Gasteiger partial charge on any atom is -0.497 e. The fourth-order valence-corrected chi connectivity index (χ4v) is 4.41. The normalized spacial score (nSPS) is 18.6. The Kier molecular flexibility index (Phi) is 6.56. The van der Waals surface area contributed by atoms with Crippen molar-refractivity contribution in [1.29, 1.82) is 0 Å². The van der Waals surface area contributed by atoms with Gasteiger partial charge in [0.15, 0.2) is 5.78 Å². The molecule has 0 radical (unpaired) electrons. The van der Waals surface area contributed by atoms with Gasteiger partial charge in [-0.2, -0.15) is 0 Å². The molecule has 2 atom stereocenters. The molecule has 0 spiro atoms. The van der Waals surface area contributed by atoms with Gasteiger partial charge in [-0.15, -0.1) is 0 Å². The second kappa shape index (κ2) is 8.96. The molecule has 6 nitrogen and oxygen atoms in total. The molecule has 2 unspecified atom stereocenters. The van der Waals surface area contributed by atoms with Crippen molar-refractivity contribution >= 4 is 29.1 Å². The zero-order valence-corrected chi connectivity index (χ0v) is 18.3. The number of benzene rings is 1. The van der Waals surface area contributed by atoms with Crippen LogP contribution < -0.4 is 10.1 Å². The lowest BCUT2D eigenvalue weighted by molar-refractivity contribution is -0.124. The Labute approximate surface area is 181 Å². The van der Waals surface area contributed by atoms with Gasteiger partial charge in [-0.1, -0.05) is 29.3 Å². The Morgan fingerprint density at radius 2 is 1.83 bits per heavy atom. The zero-order valence-electron chi connectivity index (χ0n) is 17.5. The first-order chi connectivity index (χ1) is 14.2. The number of halogens is 1. The number of carbonyl (C=O) groups is 3. The standard InChI is InChI=1S/C23H25ClN2O4/c1-12-7-13(2)20(14(3)8-12)21-18(27)9-15(22(21)28)5-6-25-23(29)17-10-16(30-4)11-19(24)26-17/h7-8,10-11,15,21H,5-6,9H2,1-4H3,(H,25,29). The van der Waals surface area contributed by atoms with E-state index in [-0.39, 0.29) is 35.4 Å². The van der Waals surface area contributed by atoms with Crippen LogP contribution in [0, 0.1) is 26.7 Å². The van der Waals surface area contributed by atoms with Crippen LogP contribution in [-0.4, -0.2) is 36.1 Å². The first kappa shape index (κ1) is 22.0. The van der Waals surface area contributed by atoms with Crippen molar-refractivity contribution in [3.8, 4) is 5.75 Å². The summed E-state index contributed by atoms with van der Waals surface area (Å²) in [4.78, 5) is 42.0. The molecule has 1 aliphatic carbocycles. The van der Waals surface area contributed by atoms with Gasteiger partial charge in [0.1, 0.15) is 28.3 Å². The number of hydrogen-bond acceptors (Lipinski definition) is 5. The summed E-state index contributed by atoms with van der Waals surface area (Å²) in [5.74, 6) is -1.19. The number of carbonyl (C=O) groups excluding carboxylic acids is 3. The maximum atomic E-state index is 13.0. The first-order valence-electron chi connectivity index (χ1n) is 9.85. The van der Waals surface area contributed by atoms with Gasteiger partial charge in [-0.25, -0.2) is 4.98 Å². The van der Waals surface area contributed by atoms with Crippen molar-refractivity contribution in [2.45, 2.75) is 39.5 Å². The number of amides is 1. The molecule has 1 heterocycles. The Morgan fingerprint density at radius 3 is 2.47 bits per heavy atom. The van der Waals surface area contributed by atoms with Crippen LogP contribution in [0.15, 0.2) is 24.3 Å². The Balaban J connectivity index is 1.65. The largest absolute Gasteiger partial charge is 0.497 e. The van der Waals surface area contributed by atoms with Crippen LogP contribution in [0.5, 0.6) is 5.75 Å². The number of Topliss-reactive ketones (excluding diaryl/α,β-unsaturated/α-hetero) is 2. The number of nitrogens with zero attached hydrogens (tertiary/aromatic N) is 1. The molecule has 1 saturated carbocycles. The fraction of sp³-hybridized carbons (Fsp3) is 0.391. The highest BCUT2D eigenvalue weighted by Crippen LogP contribution is 2.37. The van der Waals surface area contributed by atoms with Gasteiger partial charge in [0, 0.05) is 31.0 Å². The summed E-state index contributed by atoms with van der Waals surface area (Å²) in [6, 6.07) is 7.01. The van der Waals surface area contributed by atoms with Gasteiger partial charge in [0.2, 0.25) is 0 Å². The van der Waals surface area contributed by atoms with E-state index in [1.807, 2.05) is 32.9 Å². The number of ketones is 2. The van der Waals surface area contributed by atoms with E-state index < -0.39 is 17.7 Å². The molecule has 7 heteroatoms. The van der Waals surface area contributed by atoms with Crippen LogP contribution in [0.3, 0.4) is 0 Å². The van der Waals surface area contributed by atoms with Gasteiger partial charge < -0.3 is 10.1 Å². The molecule has 0 saturated heterocycles. The van der Waals surface area contributed by atoms with Crippen molar-refractivity contribution in [2.75, 3.05) is 13.7 Å². The third kappa shape index (κ3) is 4.54. The molecule has 1 aliphatic rings. The number of methoxy groups -OCH3 is 1. The molecule has 2 aromatic rings. The summed E-state index contributed by atoms with van der Waals surface area (Å²) in [5.41, 5.74) is 4.01. The molecule has 1 amide bonds. The van der Waals surface area contributed by atoms with Crippen LogP contribution in [0.4, 0.5) is 0 Å². The van der Waals surface area contributed by atoms with E-state index in [9.17, 15) is 14.4 Å². The molecule has 3 rings (SSSR count). The van der Waals surface area contributed by atoms with Crippen LogP contribution in [0.2, 0.25) is 5.15 Å². The number of pyridine rings is 1. The number of ether oxygens (including phenoxy) is 1. The highest BCUT2D eigenvalue weighted by molar-refractivity contribution is 6.29. The molecular weight excluding hydrogens is 404 g/mol. The van der Waals surface area contributed by atoms with Gasteiger partial charge in [0.05, 0.1) is 7.11 Å². The summed E-state index contributed by atoms with van der Waals surface area (Å²) in [6.07, 6.45) is 0.601. The third-order valence-electron chi connectivity index (χ3n) is 5.50. The summed E-state index contributed by atoms with van der Waals surface area (Å²) >= 11 is 5.90. The molecule has 0 bridgehead atoms. The quantitative estimate of drug-likeness (QED) is 0.559. The number of nitrogens with one attached hydrogen (secondary N) is 1. The lowest BCUT2D eigenvalue weighted by Crippen LogP contribution is -2.28. The van der Waals surface area contributed by atoms with Gasteiger partial charge in [-0.05, 0) is 43.9 Å². The summed E-state index contributed by atoms with van der Waals surface area (Å²) in [5, 5.41) is 2.90. The predicted octanol–water partition coefficient (Wildman–Crippen LogP) is 3.73. The van der Waals surface area contributed by atoms with Gasteiger partial charge in [0.25, 0.3) is 5.91 Å². The molecule has 1 aromatic heterocycles. The minimum absolute atomic E-state index is 0.0485. The van der Waals surface area contributed by atoms with E-state index >= 15 is 0 Å². The Morgan fingerprint density at radius 1 is 1.17 bits per heavy atom. The van der Waals surface area contributed by atoms with Crippen molar-refractivity contribution in [1.82, 2.24) is 10.3 Å². The third-order valence-corrected chi connectivity index (χ3v) is 5.69. The van der Waals surface area contributed by atoms with E-state index in [0.29, 0.717) is 12.2 Å². The lowest BCUT2D eigenvalue weighted by Gasteiger charge is -2.16. The lowest BCUT2D eigenvalue weighted by atomic mass is 9.86. The molecule has 1 N–H and O–H groups in total. The minimum atomic E-state index is -0.704. The van der Waals surface area contributed by atoms with Crippen molar-refractivity contribution in [3.05, 3.63) is 57.4 Å². The van der Waals surface area contributed by atoms with E-state index in [1.54, 1.807) is 0 Å².